The lowest BCUT2D eigenvalue weighted by atomic mass is 10.2. The first-order valence-electron chi connectivity index (χ1n) is 8.13. The molecule has 1 fully saturated rings. The lowest BCUT2D eigenvalue weighted by Crippen LogP contribution is -2.36. The molecule has 2 N–H and O–H groups in total. The van der Waals surface area contributed by atoms with Gasteiger partial charge in [-0.2, -0.15) is 0 Å². The van der Waals surface area contributed by atoms with Crippen molar-refractivity contribution < 1.29 is 4.74 Å². The number of nitrogens with zero attached hydrogens (tertiary/aromatic N) is 4. The number of aromatic nitrogens is 2. The number of hydrogen-bond acceptors (Lipinski definition) is 6. The molecule has 1 aliphatic rings. The van der Waals surface area contributed by atoms with E-state index >= 15 is 0 Å². The smallest absolute Gasteiger partial charge is 0.108 e. The van der Waals surface area contributed by atoms with Gasteiger partial charge in [0.25, 0.3) is 0 Å². The van der Waals surface area contributed by atoms with Crippen molar-refractivity contribution in [1.29, 1.82) is 0 Å². The molecular weight excluding hydrogens is 338 g/mol. The third kappa shape index (κ3) is 5.14. The number of benzene rings is 1. The van der Waals surface area contributed by atoms with Crippen molar-refractivity contribution >= 4 is 34.5 Å². The summed E-state index contributed by atoms with van der Waals surface area (Å²) in [7, 11) is 1.69. The second-order valence-electron chi connectivity index (χ2n) is 5.58. The Hall–Kier alpha value is -2.18. The van der Waals surface area contributed by atoms with Crippen molar-refractivity contribution in [2.45, 2.75) is 13.8 Å². The number of nitrogens with two attached hydrogens (primary N) is 1. The van der Waals surface area contributed by atoms with Gasteiger partial charge >= 0.3 is 0 Å². The van der Waals surface area contributed by atoms with Gasteiger partial charge in [-0.05, 0) is 38.3 Å². The van der Waals surface area contributed by atoms with Crippen molar-refractivity contribution in [2.75, 3.05) is 38.3 Å². The quantitative estimate of drug-likeness (QED) is 0.832. The van der Waals surface area contributed by atoms with E-state index in [1.807, 2.05) is 19.9 Å². The van der Waals surface area contributed by atoms with Crippen LogP contribution in [0, 0.1) is 13.8 Å². The molecule has 0 unspecified atom stereocenters. The van der Waals surface area contributed by atoms with Crippen LogP contribution in [-0.2, 0) is 4.74 Å². The lowest BCUT2D eigenvalue weighted by Gasteiger charge is -2.29. The van der Waals surface area contributed by atoms with E-state index in [0.717, 1.165) is 54.4 Å². The Labute approximate surface area is 153 Å². The standard InChI is InChI=1S/C14H16ClN3O.C4H8N2/c1-9-10(2)17-14-12(15)7-11(8-13(14)16-9)18-3-5-19-6-4-18;1-6-4-2-3-5/h7-8H,3-6H2,1-2H3;2-4H,5H2,1H3/b;3-2-,6-4?. The first-order valence-corrected chi connectivity index (χ1v) is 8.50. The van der Waals surface area contributed by atoms with E-state index in [9.17, 15) is 0 Å². The van der Waals surface area contributed by atoms with Crippen molar-refractivity contribution in [1.82, 2.24) is 9.97 Å². The molecule has 1 aliphatic heterocycles. The lowest BCUT2D eigenvalue weighted by molar-refractivity contribution is 0.122. The Morgan fingerprint density at radius 2 is 1.88 bits per heavy atom. The van der Waals surface area contributed by atoms with Gasteiger partial charge in [0.1, 0.15) is 5.52 Å². The zero-order chi connectivity index (χ0) is 18.2. The van der Waals surface area contributed by atoms with Crippen LogP contribution in [0.3, 0.4) is 0 Å². The van der Waals surface area contributed by atoms with Gasteiger partial charge in [0.2, 0.25) is 0 Å². The monoisotopic (exact) mass is 361 g/mol. The molecule has 134 valence electrons. The molecule has 3 rings (SSSR count). The summed E-state index contributed by atoms with van der Waals surface area (Å²) < 4.78 is 5.37. The predicted octanol–water partition coefficient (Wildman–Crippen LogP) is 2.90. The fraction of sp³-hybridized carbons (Fsp3) is 0.389. The summed E-state index contributed by atoms with van der Waals surface area (Å²) in [6, 6.07) is 4.03. The summed E-state index contributed by atoms with van der Waals surface area (Å²) in [4.78, 5) is 15.0. The van der Waals surface area contributed by atoms with E-state index in [2.05, 4.69) is 25.9 Å². The number of morpholine rings is 1. The summed E-state index contributed by atoms with van der Waals surface area (Å²) in [5.74, 6) is 0. The Morgan fingerprint density at radius 3 is 2.48 bits per heavy atom. The molecule has 0 amide bonds. The maximum Gasteiger partial charge on any atom is 0.108 e. The molecule has 2 aromatic rings. The Morgan fingerprint density at radius 1 is 1.20 bits per heavy atom. The SMILES string of the molecule is CN=C/C=C\N.Cc1nc2cc(N3CCOCC3)cc(Cl)c2nc1C. The first-order chi connectivity index (χ1) is 12.1. The number of fused-ring (bicyclic) bond motifs is 1. The van der Waals surface area contributed by atoms with E-state index in [-0.39, 0.29) is 0 Å². The highest BCUT2D eigenvalue weighted by molar-refractivity contribution is 6.35. The molecular formula is C18H24ClN5O. The molecule has 1 saturated heterocycles. The molecule has 1 aromatic heterocycles. The molecule has 7 heteroatoms. The molecule has 2 heterocycles. The average Bonchev–Trinajstić information content (AvgIpc) is 2.63. The van der Waals surface area contributed by atoms with Crippen molar-refractivity contribution in [2.24, 2.45) is 10.7 Å². The zero-order valence-electron chi connectivity index (χ0n) is 14.9. The largest absolute Gasteiger partial charge is 0.405 e. The van der Waals surface area contributed by atoms with Gasteiger partial charge in [0.05, 0.1) is 35.1 Å². The number of rotatable bonds is 2. The van der Waals surface area contributed by atoms with Gasteiger partial charge in [0, 0.05) is 32.0 Å². The fourth-order valence-corrected chi connectivity index (χ4v) is 2.67. The number of halogens is 1. The molecule has 25 heavy (non-hydrogen) atoms. The second-order valence-corrected chi connectivity index (χ2v) is 5.99. The first kappa shape index (κ1) is 19.1. The van der Waals surface area contributed by atoms with Crippen LogP contribution in [0.25, 0.3) is 11.0 Å². The van der Waals surface area contributed by atoms with E-state index < -0.39 is 0 Å². The highest BCUT2D eigenvalue weighted by atomic mass is 35.5. The Balaban J connectivity index is 0.000000326. The van der Waals surface area contributed by atoms with E-state index in [1.54, 1.807) is 19.3 Å². The molecule has 0 saturated carbocycles. The van der Waals surface area contributed by atoms with Gasteiger partial charge in [-0.3, -0.25) is 4.99 Å². The summed E-state index contributed by atoms with van der Waals surface area (Å²) >= 11 is 6.35. The van der Waals surface area contributed by atoms with Crippen LogP contribution < -0.4 is 10.6 Å². The number of allylic oxidation sites excluding steroid dienone is 1. The maximum atomic E-state index is 6.35. The molecule has 0 radical (unpaired) electrons. The summed E-state index contributed by atoms with van der Waals surface area (Å²) in [6.07, 6.45) is 4.73. The highest BCUT2D eigenvalue weighted by Crippen LogP contribution is 2.28. The molecule has 6 nitrogen and oxygen atoms in total. The Kier molecular flexibility index (Phi) is 7.16. The molecule has 0 spiro atoms. The second kappa shape index (κ2) is 9.34. The number of ether oxygens (including phenoxy) is 1. The maximum absolute atomic E-state index is 6.35. The minimum Gasteiger partial charge on any atom is -0.405 e. The van der Waals surface area contributed by atoms with Gasteiger partial charge in [-0.15, -0.1) is 0 Å². The molecule has 0 atom stereocenters. The van der Waals surface area contributed by atoms with Crippen molar-refractivity contribution in [3.05, 3.63) is 40.8 Å². The van der Waals surface area contributed by atoms with Gasteiger partial charge in [-0.1, -0.05) is 11.6 Å². The minimum absolute atomic E-state index is 0.662. The van der Waals surface area contributed by atoms with Crippen molar-refractivity contribution in [3.8, 4) is 0 Å². The highest BCUT2D eigenvalue weighted by Gasteiger charge is 2.14. The fourth-order valence-electron chi connectivity index (χ4n) is 2.42. The van der Waals surface area contributed by atoms with E-state index in [1.165, 1.54) is 6.20 Å². The van der Waals surface area contributed by atoms with Gasteiger partial charge in [-0.25, -0.2) is 9.97 Å². The number of anilines is 1. The van der Waals surface area contributed by atoms with Crippen LogP contribution in [-0.4, -0.2) is 49.5 Å². The van der Waals surface area contributed by atoms with Crippen LogP contribution in [0.15, 0.2) is 29.4 Å². The van der Waals surface area contributed by atoms with E-state index in [0.29, 0.717) is 5.02 Å². The van der Waals surface area contributed by atoms with Crippen LogP contribution in [0.4, 0.5) is 5.69 Å². The molecule has 0 bridgehead atoms. The topological polar surface area (TPSA) is 76.6 Å². The van der Waals surface area contributed by atoms with E-state index in [4.69, 9.17) is 22.1 Å². The summed E-state index contributed by atoms with van der Waals surface area (Å²) in [6.45, 7) is 7.22. The van der Waals surface area contributed by atoms with Crippen molar-refractivity contribution in [3.63, 3.8) is 0 Å². The third-order valence-corrected chi connectivity index (χ3v) is 4.13. The molecule has 0 aliphatic carbocycles. The third-order valence-electron chi connectivity index (χ3n) is 3.84. The van der Waals surface area contributed by atoms with Crippen LogP contribution >= 0.6 is 11.6 Å². The van der Waals surface area contributed by atoms with Crippen LogP contribution in [0.2, 0.25) is 5.02 Å². The van der Waals surface area contributed by atoms with Gasteiger partial charge < -0.3 is 15.4 Å². The van der Waals surface area contributed by atoms with Crippen LogP contribution in [0.5, 0.6) is 0 Å². The number of hydrogen-bond donors (Lipinski definition) is 1. The molecule has 1 aromatic carbocycles. The minimum atomic E-state index is 0.662. The summed E-state index contributed by atoms with van der Waals surface area (Å²) in [5, 5.41) is 0.662. The summed E-state index contributed by atoms with van der Waals surface area (Å²) in [5.41, 5.74) is 9.55. The number of aliphatic imine (C=N–C) groups is 1. The number of aryl methyl sites for hydroxylation is 2. The normalized spacial score (nSPS) is 15.0. The predicted molar refractivity (Wildman–Crippen MR) is 105 cm³/mol. The Bertz CT molecular complexity index is 760. The zero-order valence-corrected chi connectivity index (χ0v) is 15.6. The van der Waals surface area contributed by atoms with Crippen LogP contribution in [0.1, 0.15) is 11.4 Å². The van der Waals surface area contributed by atoms with Gasteiger partial charge in [0.15, 0.2) is 0 Å². The average molecular weight is 362 g/mol.